The molecule has 1 atom stereocenters. The van der Waals surface area contributed by atoms with Crippen LogP contribution in [0.1, 0.15) is 13.8 Å². The maximum absolute atomic E-state index is 11.5. The molecule has 0 bridgehead atoms. The van der Waals surface area contributed by atoms with E-state index in [1.54, 1.807) is 0 Å². The van der Waals surface area contributed by atoms with Gasteiger partial charge in [-0.1, -0.05) is 26.0 Å². The number of nitrogens with one attached hydrogen (secondary N) is 2. The van der Waals surface area contributed by atoms with E-state index < -0.39 is 0 Å². The molecule has 1 heterocycles. The highest BCUT2D eigenvalue weighted by atomic mass is 16.6. The Morgan fingerprint density at radius 3 is 2.79 bits per heavy atom. The summed E-state index contributed by atoms with van der Waals surface area (Å²) >= 11 is 0. The summed E-state index contributed by atoms with van der Waals surface area (Å²) in [5.74, 6) is 1.91. The van der Waals surface area contributed by atoms with Gasteiger partial charge in [-0.25, -0.2) is 4.79 Å². The first kappa shape index (κ1) is 13.5. The van der Waals surface area contributed by atoms with Gasteiger partial charge in [0.15, 0.2) is 17.6 Å². The van der Waals surface area contributed by atoms with E-state index >= 15 is 0 Å². The second kappa shape index (κ2) is 6.31. The smallest absolute Gasteiger partial charge is 0.314 e. The van der Waals surface area contributed by atoms with Crippen LogP contribution >= 0.6 is 0 Å². The zero-order valence-electron chi connectivity index (χ0n) is 11.3. The van der Waals surface area contributed by atoms with Crippen molar-refractivity contribution in [2.24, 2.45) is 5.92 Å². The molecule has 2 rings (SSSR count). The molecule has 2 amide bonds. The fraction of sp³-hybridized carbons (Fsp3) is 0.500. The number of rotatable bonds is 4. The number of benzene rings is 1. The SMILES string of the molecule is CC(C)CNC(=O)NCC1COc2ccccc2O1. The summed E-state index contributed by atoms with van der Waals surface area (Å²) in [6.07, 6.45) is -0.153. The predicted octanol–water partition coefficient (Wildman–Crippen LogP) is 1.78. The van der Waals surface area contributed by atoms with Gasteiger partial charge >= 0.3 is 6.03 Å². The summed E-state index contributed by atoms with van der Waals surface area (Å²) in [6, 6.07) is 7.36. The van der Waals surface area contributed by atoms with Crippen LogP contribution in [-0.4, -0.2) is 31.8 Å². The van der Waals surface area contributed by atoms with Crippen molar-refractivity contribution >= 4 is 6.03 Å². The molecule has 0 saturated carbocycles. The molecular weight excluding hydrogens is 244 g/mol. The molecule has 0 radical (unpaired) electrons. The van der Waals surface area contributed by atoms with E-state index in [0.717, 1.165) is 11.5 Å². The van der Waals surface area contributed by atoms with Crippen molar-refractivity contribution < 1.29 is 14.3 Å². The fourth-order valence-electron chi connectivity index (χ4n) is 1.73. The minimum absolute atomic E-state index is 0.153. The predicted molar refractivity (Wildman–Crippen MR) is 72.6 cm³/mol. The third-order valence-electron chi connectivity index (χ3n) is 2.73. The number of urea groups is 1. The van der Waals surface area contributed by atoms with Crippen LogP contribution in [0.4, 0.5) is 4.79 Å². The molecular formula is C14H20N2O3. The van der Waals surface area contributed by atoms with Gasteiger partial charge < -0.3 is 20.1 Å². The van der Waals surface area contributed by atoms with Crippen LogP contribution in [0.5, 0.6) is 11.5 Å². The molecule has 0 spiro atoms. The van der Waals surface area contributed by atoms with E-state index in [1.807, 2.05) is 24.3 Å². The number of para-hydroxylation sites is 2. The van der Waals surface area contributed by atoms with Crippen LogP contribution in [0, 0.1) is 5.92 Å². The van der Waals surface area contributed by atoms with E-state index in [0.29, 0.717) is 25.6 Å². The van der Waals surface area contributed by atoms with Crippen LogP contribution in [0.25, 0.3) is 0 Å². The average molecular weight is 264 g/mol. The van der Waals surface area contributed by atoms with Gasteiger partial charge in [0.25, 0.3) is 0 Å². The van der Waals surface area contributed by atoms with E-state index in [1.165, 1.54) is 0 Å². The van der Waals surface area contributed by atoms with Crippen molar-refractivity contribution in [1.29, 1.82) is 0 Å². The molecule has 1 aromatic rings. The Bertz CT molecular complexity index is 434. The van der Waals surface area contributed by atoms with Gasteiger partial charge in [0.2, 0.25) is 0 Å². The van der Waals surface area contributed by atoms with Crippen LogP contribution in [0.15, 0.2) is 24.3 Å². The Hall–Kier alpha value is -1.91. The monoisotopic (exact) mass is 264 g/mol. The summed E-state index contributed by atoms with van der Waals surface area (Å²) in [4.78, 5) is 11.5. The third-order valence-corrected chi connectivity index (χ3v) is 2.73. The number of fused-ring (bicyclic) bond motifs is 1. The topological polar surface area (TPSA) is 59.6 Å². The number of amides is 2. The van der Waals surface area contributed by atoms with Crippen LogP contribution < -0.4 is 20.1 Å². The van der Waals surface area contributed by atoms with E-state index in [9.17, 15) is 4.79 Å². The lowest BCUT2D eigenvalue weighted by atomic mass is 10.2. The zero-order chi connectivity index (χ0) is 13.7. The zero-order valence-corrected chi connectivity index (χ0v) is 11.3. The van der Waals surface area contributed by atoms with Gasteiger partial charge in [-0.3, -0.25) is 0 Å². The molecule has 19 heavy (non-hydrogen) atoms. The lowest BCUT2D eigenvalue weighted by Gasteiger charge is -2.26. The molecule has 0 aliphatic carbocycles. The highest BCUT2D eigenvalue weighted by Gasteiger charge is 2.20. The Morgan fingerprint density at radius 1 is 1.32 bits per heavy atom. The van der Waals surface area contributed by atoms with Crippen molar-refractivity contribution in [3.05, 3.63) is 24.3 Å². The van der Waals surface area contributed by atoms with Crippen LogP contribution in [-0.2, 0) is 0 Å². The van der Waals surface area contributed by atoms with Crippen molar-refractivity contribution in [1.82, 2.24) is 10.6 Å². The Kier molecular flexibility index (Phi) is 4.49. The van der Waals surface area contributed by atoms with Crippen molar-refractivity contribution in [3.63, 3.8) is 0 Å². The van der Waals surface area contributed by atoms with Crippen molar-refractivity contribution in [3.8, 4) is 11.5 Å². The van der Waals surface area contributed by atoms with E-state index in [-0.39, 0.29) is 12.1 Å². The molecule has 1 unspecified atom stereocenters. The number of carbonyl (C=O) groups is 1. The Balaban J connectivity index is 1.75. The minimum atomic E-state index is -0.170. The quantitative estimate of drug-likeness (QED) is 0.871. The summed E-state index contributed by atoms with van der Waals surface area (Å²) in [7, 11) is 0. The van der Waals surface area contributed by atoms with Crippen LogP contribution in [0.2, 0.25) is 0 Å². The normalized spacial score (nSPS) is 17.1. The lowest BCUT2D eigenvalue weighted by Crippen LogP contribution is -2.45. The second-order valence-electron chi connectivity index (χ2n) is 4.98. The van der Waals surface area contributed by atoms with Crippen molar-refractivity contribution in [2.45, 2.75) is 20.0 Å². The van der Waals surface area contributed by atoms with Gasteiger partial charge in [-0.05, 0) is 18.1 Å². The van der Waals surface area contributed by atoms with Gasteiger partial charge in [-0.2, -0.15) is 0 Å². The standard InChI is InChI=1S/C14H20N2O3/c1-10(2)7-15-14(17)16-8-11-9-18-12-5-3-4-6-13(12)19-11/h3-6,10-11H,7-9H2,1-2H3,(H2,15,16,17). The Morgan fingerprint density at radius 2 is 2.05 bits per heavy atom. The summed E-state index contributed by atoms with van der Waals surface area (Å²) < 4.78 is 11.3. The molecule has 0 aromatic heterocycles. The number of hydrogen-bond donors (Lipinski definition) is 2. The number of ether oxygens (including phenoxy) is 2. The molecule has 1 aliphatic rings. The number of hydrogen-bond acceptors (Lipinski definition) is 3. The van der Waals surface area contributed by atoms with Crippen molar-refractivity contribution in [2.75, 3.05) is 19.7 Å². The minimum Gasteiger partial charge on any atom is -0.486 e. The average Bonchev–Trinajstić information content (AvgIpc) is 2.42. The highest BCUT2D eigenvalue weighted by Crippen LogP contribution is 2.30. The molecule has 104 valence electrons. The van der Waals surface area contributed by atoms with Gasteiger partial charge in [0, 0.05) is 6.54 Å². The third kappa shape index (κ3) is 4.05. The summed E-state index contributed by atoms with van der Waals surface area (Å²) in [6.45, 7) is 5.64. The van der Waals surface area contributed by atoms with E-state index in [2.05, 4.69) is 24.5 Å². The summed E-state index contributed by atoms with van der Waals surface area (Å²) in [5, 5.41) is 5.58. The summed E-state index contributed by atoms with van der Waals surface area (Å²) in [5.41, 5.74) is 0. The van der Waals surface area contributed by atoms with Crippen LogP contribution in [0.3, 0.4) is 0 Å². The maximum Gasteiger partial charge on any atom is 0.314 e. The first-order valence-electron chi connectivity index (χ1n) is 6.55. The molecule has 0 fully saturated rings. The molecule has 2 N–H and O–H groups in total. The first-order chi connectivity index (χ1) is 9.15. The fourth-order valence-corrected chi connectivity index (χ4v) is 1.73. The molecule has 0 saturated heterocycles. The largest absolute Gasteiger partial charge is 0.486 e. The maximum atomic E-state index is 11.5. The molecule has 1 aliphatic heterocycles. The molecule has 5 nitrogen and oxygen atoms in total. The first-order valence-corrected chi connectivity index (χ1v) is 6.55. The lowest BCUT2D eigenvalue weighted by molar-refractivity contribution is 0.0918. The highest BCUT2D eigenvalue weighted by molar-refractivity contribution is 5.73. The van der Waals surface area contributed by atoms with Gasteiger partial charge in [-0.15, -0.1) is 0 Å². The van der Waals surface area contributed by atoms with Gasteiger partial charge in [0.1, 0.15) is 6.61 Å². The molecule has 5 heteroatoms. The number of carbonyl (C=O) groups excluding carboxylic acids is 1. The van der Waals surface area contributed by atoms with Gasteiger partial charge in [0.05, 0.1) is 6.54 Å². The van der Waals surface area contributed by atoms with E-state index in [4.69, 9.17) is 9.47 Å². The molecule has 1 aromatic carbocycles. The Labute approximate surface area is 113 Å². The second-order valence-corrected chi connectivity index (χ2v) is 4.98.